The second-order valence-corrected chi connectivity index (χ2v) is 6.56. The first-order chi connectivity index (χ1) is 11.1. The van der Waals surface area contributed by atoms with Crippen molar-refractivity contribution in [3.8, 4) is 11.1 Å². The van der Waals surface area contributed by atoms with Crippen molar-refractivity contribution in [3.63, 3.8) is 0 Å². The highest BCUT2D eigenvalue weighted by Gasteiger charge is 2.20. The van der Waals surface area contributed by atoms with Crippen molar-refractivity contribution in [1.29, 1.82) is 0 Å². The topological polar surface area (TPSA) is 4.93 Å². The highest BCUT2D eigenvalue weighted by Crippen LogP contribution is 2.35. The van der Waals surface area contributed by atoms with E-state index in [1.807, 2.05) is 0 Å². The predicted molar refractivity (Wildman–Crippen MR) is 99.0 cm³/mol. The fourth-order valence-corrected chi connectivity index (χ4v) is 3.66. The molecule has 23 heavy (non-hydrogen) atoms. The van der Waals surface area contributed by atoms with Gasteiger partial charge in [0, 0.05) is 23.5 Å². The molecule has 2 aromatic carbocycles. The van der Waals surface area contributed by atoms with Gasteiger partial charge in [0.25, 0.3) is 0 Å². The van der Waals surface area contributed by atoms with Crippen LogP contribution in [0.25, 0.3) is 11.1 Å². The normalized spacial score (nSPS) is 11.2. The van der Waals surface area contributed by atoms with E-state index in [1.165, 1.54) is 33.6 Å². The van der Waals surface area contributed by atoms with Crippen molar-refractivity contribution >= 4 is 0 Å². The Hall–Kier alpha value is -2.28. The molecule has 3 aromatic rings. The molecule has 0 aliphatic rings. The van der Waals surface area contributed by atoms with Crippen LogP contribution in [0.15, 0.2) is 60.7 Å². The lowest BCUT2D eigenvalue weighted by Gasteiger charge is -2.15. The summed E-state index contributed by atoms with van der Waals surface area (Å²) >= 11 is 0. The Bertz CT molecular complexity index is 780. The molecule has 0 aliphatic heterocycles. The van der Waals surface area contributed by atoms with E-state index in [2.05, 4.69) is 92.9 Å². The summed E-state index contributed by atoms with van der Waals surface area (Å²) in [5.74, 6) is 0.509. The molecular weight excluding hydrogens is 278 g/mol. The molecule has 3 rings (SSSR count). The summed E-state index contributed by atoms with van der Waals surface area (Å²) in [6, 6.07) is 21.5. The zero-order valence-corrected chi connectivity index (χ0v) is 14.5. The van der Waals surface area contributed by atoms with Gasteiger partial charge in [-0.2, -0.15) is 0 Å². The van der Waals surface area contributed by atoms with Crippen LogP contribution in [0.3, 0.4) is 0 Å². The van der Waals surface area contributed by atoms with Crippen LogP contribution in [0.2, 0.25) is 0 Å². The Morgan fingerprint density at radius 3 is 1.96 bits per heavy atom. The van der Waals surface area contributed by atoms with Crippen LogP contribution in [0.4, 0.5) is 0 Å². The first-order valence-corrected chi connectivity index (χ1v) is 8.38. The lowest BCUT2D eigenvalue weighted by Crippen LogP contribution is -2.08. The molecule has 0 atom stereocenters. The standard InChI is InChI=1S/C22H25N/c1-16(2)22-17(3)21(20-13-9-6-10-14-20)18(4)23(22)15-19-11-7-5-8-12-19/h5-14,16H,15H2,1-4H3. The molecule has 0 unspecified atom stereocenters. The summed E-state index contributed by atoms with van der Waals surface area (Å²) in [6.07, 6.45) is 0. The molecule has 0 N–H and O–H groups in total. The van der Waals surface area contributed by atoms with Crippen LogP contribution in [0.5, 0.6) is 0 Å². The highest BCUT2D eigenvalue weighted by molar-refractivity contribution is 5.72. The van der Waals surface area contributed by atoms with Crippen LogP contribution in [-0.2, 0) is 6.54 Å². The van der Waals surface area contributed by atoms with Gasteiger partial charge in [-0.15, -0.1) is 0 Å². The average Bonchev–Trinajstić information content (AvgIpc) is 2.80. The van der Waals surface area contributed by atoms with Gasteiger partial charge in [0.05, 0.1) is 0 Å². The van der Waals surface area contributed by atoms with Gasteiger partial charge in [0.1, 0.15) is 0 Å². The summed E-state index contributed by atoms with van der Waals surface area (Å²) in [4.78, 5) is 0. The van der Waals surface area contributed by atoms with Gasteiger partial charge in [-0.25, -0.2) is 0 Å². The Labute approximate surface area is 139 Å². The summed E-state index contributed by atoms with van der Waals surface area (Å²) in [5.41, 5.74) is 8.29. The molecule has 118 valence electrons. The third kappa shape index (κ3) is 2.96. The maximum atomic E-state index is 2.50. The average molecular weight is 303 g/mol. The number of hydrogen-bond acceptors (Lipinski definition) is 0. The lowest BCUT2D eigenvalue weighted by molar-refractivity contribution is 0.673. The van der Waals surface area contributed by atoms with Crippen molar-refractivity contribution in [2.24, 2.45) is 0 Å². The number of rotatable bonds is 4. The molecule has 0 bridgehead atoms. The Kier molecular flexibility index (Phi) is 4.38. The van der Waals surface area contributed by atoms with Crippen molar-refractivity contribution in [2.45, 2.75) is 40.2 Å². The SMILES string of the molecule is Cc1c(-c2ccccc2)c(C)n(Cc2ccccc2)c1C(C)C. The van der Waals surface area contributed by atoms with Crippen LogP contribution >= 0.6 is 0 Å². The van der Waals surface area contributed by atoms with Gasteiger partial charge < -0.3 is 4.57 Å². The summed E-state index contributed by atoms with van der Waals surface area (Å²) in [6.45, 7) is 10.0. The Morgan fingerprint density at radius 1 is 0.826 bits per heavy atom. The van der Waals surface area contributed by atoms with Gasteiger partial charge in [-0.1, -0.05) is 74.5 Å². The van der Waals surface area contributed by atoms with E-state index < -0.39 is 0 Å². The van der Waals surface area contributed by atoms with Crippen molar-refractivity contribution in [1.82, 2.24) is 4.57 Å². The fraction of sp³-hybridized carbons (Fsp3) is 0.273. The predicted octanol–water partition coefficient (Wildman–Crippen LogP) is 5.94. The molecule has 0 saturated heterocycles. The van der Waals surface area contributed by atoms with Crippen molar-refractivity contribution in [3.05, 3.63) is 83.2 Å². The van der Waals surface area contributed by atoms with E-state index in [0.29, 0.717) is 5.92 Å². The second kappa shape index (κ2) is 6.45. The minimum absolute atomic E-state index is 0.509. The van der Waals surface area contributed by atoms with Crippen LogP contribution in [0.1, 0.15) is 42.3 Å². The van der Waals surface area contributed by atoms with Crippen molar-refractivity contribution < 1.29 is 0 Å². The van der Waals surface area contributed by atoms with Crippen molar-refractivity contribution in [2.75, 3.05) is 0 Å². The molecule has 1 heteroatoms. The second-order valence-electron chi connectivity index (χ2n) is 6.56. The van der Waals surface area contributed by atoms with E-state index in [1.54, 1.807) is 0 Å². The molecule has 1 heterocycles. The summed E-state index contributed by atoms with van der Waals surface area (Å²) in [7, 11) is 0. The lowest BCUT2D eigenvalue weighted by atomic mass is 9.98. The number of aromatic nitrogens is 1. The molecule has 1 aromatic heterocycles. The minimum atomic E-state index is 0.509. The third-order valence-corrected chi connectivity index (χ3v) is 4.61. The number of hydrogen-bond donors (Lipinski definition) is 0. The van der Waals surface area contributed by atoms with E-state index in [0.717, 1.165) is 6.54 Å². The van der Waals surface area contributed by atoms with Crippen LogP contribution in [0, 0.1) is 13.8 Å². The maximum Gasteiger partial charge on any atom is 0.0475 e. The first-order valence-electron chi connectivity index (χ1n) is 8.38. The molecule has 1 nitrogen and oxygen atoms in total. The zero-order valence-electron chi connectivity index (χ0n) is 14.5. The van der Waals surface area contributed by atoms with E-state index in [9.17, 15) is 0 Å². The molecule has 0 amide bonds. The van der Waals surface area contributed by atoms with Gasteiger partial charge in [0.15, 0.2) is 0 Å². The van der Waals surface area contributed by atoms with E-state index in [-0.39, 0.29) is 0 Å². The molecular formula is C22H25N. The molecule has 0 spiro atoms. The maximum absolute atomic E-state index is 2.50. The Balaban J connectivity index is 2.15. The highest BCUT2D eigenvalue weighted by atomic mass is 15.0. The zero-order chi connectivity index (χ0) is 16.4. The van der Waals surface area contributed by atoms with Gasteiger partial charge >= 0.3 is 0 Å². The quantitative estimate of drug-likeness (QED) is 0.562. The van der Waals surface area contributed by atoms with Gasteiger partial charge in [-0.3, -0.25) is 0 Å². The minimum Gasteiger partial charge on any atom is -0.343 e. The Morgan fingerprint density at radius 2 is 1.39 bits per heavy atom. The molecule has 0 fully saturated rings. The summed E-state index contributed by atoms with van der Waals surface area (Å²) < 4.78 is 2.50. The third-order valence-electron chi connectivity index (χ3n) is 4.61. The largest absolute Gasteiger partial charge is 0.343 e. The first kappa shape index (κ1) is 15.6. The van der Waals surface area contributed by atoms with Crippen LogP contribution < -0.4 is 0 Å². The monoisotopic (exact) mass is 303 g/mol. The van der Waals surface area contributed by atoms with Gasteiger partial charge in [-0.05, 0) is 36.5 Å². The number of benzene rings is 2. The smallest absolute Gasteiger partial charge is 0.0475 e. The van der Waals surface area contributed by atoms with E-state index >= 15 is 0 Å². The molecule has 0 aliphatic carbocycles. The summed E-state index contributed by atoms with van der Waals surface area (Å²) in [5, 5.41) is 0. The molecule has 0 radical (unpaired) electrons. The van der Waals surface area contributed by atoms with Crippen LogP contribution in [-0.4, -0.2) is 4.57 Å². The van der Waals surface area contributed by atoms with E-state index in [4.69, 9.17) is 0 Å². The number of nitrogens with zero attached hydrogens (tertiary/aromatic N) is 1. The van der Waals surface area contributed by atoms with Gasteiger partial charge in [0.2, 0.25) is 0 Å². The fourth-order valence-electron chi connectivity index (χ4n) is 3.66. The molecule has 0 saturated carbocycles.